The Kier molecular flexibility index (Phi) is 3.40. The van der Waals surface area contributed by atoms with Crippen LogP contribution in [0.3, 0.4) is 0 Å². The summed E-state index contributed by atoms with van der Waals surface area (Å²) in [7, 11) is 0. The summed E-state index contributed by atoms with van der Waals surface area (Å²) >= 11 is 5.40. The predicted octanol–water partition coefficient (Wildman–Crippen LogP) is 2.69. The molecule has 20 heavy (non-hydrogen) atoms. The number of aromatic nitrogens is 2. The van der Waals surface area contributed by atoms with Crippen molar-refractivity contribution in [1.82, 2.24) is 10.2 Å². The first kappa shape index (κ1) is 13.1. The number of hydrogen-bond acceptors (Lipinski definition) is 3. The third-order valence-corrected chi connectivity index (χ3v) is 3.86. The Bertz CT molecular complexity index is 737. The molecule has 0 saturated heterocycles. The zero-order chi connectivity index (χ0) is 14.1. The average molecular weight is 289 g/mol. The fourth-order valence-corrected chi connectivity index (χ4v) is 2.73. The second kappa shape index (κ2) is 5.21. The number of hydrogen-bond donors (Lipinski definition) is 1. The molecule has 1 heterocycles. The topological polar surface area (TPSA) is 62.8 Å². The van der Waals surface area contributed by atoms with Crippen molar-refractivity contribution >= 4 is 16.8 Å². The van der Waals surface area contributed by atoms with Gasteiger partial charge in [-0.25, -0.2) is 5.10 Å². The highest BCUT2D eigenvalue weighted by molar-refractivity contribution is 6.67. The van der Waals surface area contributed by atoms with Crippen LogP contribution in [0.4, 0.5) is 0 Å². The van der Waals surface area contributed by atoms with Crippen molar-refractivity contribution in [2.24, 2.45) is 0 Å². The molecule has 0 bridgehead atoms. The molecule has 0 atom stereocenters. The van der Waals surface area contributed by atoms with Gasteiger partial charge in [0.05, 0.1) is 5.69 Å². The van der Waals surface area contributed by atoms with Gasteiger partial charge in [0, 0.05) is 5.56 Å². The molecule has 0 spiro atoms. The average Bonchev–Trinajstić information content (AvgIpc) is 2.47. The largest absolute Gasteiger partial charge is 0.276 e. The van der Waals surface area contributed by atoms with E-state index in [4.69, 9.17) is 11.6 Å². The van der Waals surface area contributed by atoms with Gasteiger partial charge in [0.15, 0.2) is 0 Å². The lowest BCUT2D eigenvalue weighted by molar-refractivity contribution is 0.108. The van der Waals surface area contributed by atoms with Crippen LogP contribution < -0.4 is 5.56 Å². The second-order valence-electron chi connectivity index (χ2n) is 4.96. The van der Waals surface area contributed by atoms with E-state index in [1.54, 1.807) is 0 Å². The second-order valence-corrected chi connectivity index (χ2v) is 5.30. The minimum Gasteiger partial charge on any atom is -0.275 e. The van der Waals surface area contributed by atoms with Crippen molar-refractivity contribution in [2.75, 3.05) is 0 Å². The van der Waals surface area contributed by atoms with E-state index >= 15 is 0 Å². The first-order chi connectivity index (χ1) is 9.65. The van der Waals surface area contributed by atoms with Crippen LogP contribution in [0.5, 0.6) is 0 Å². The summed E-state index contributed by atoms with van der Waals surface area (Å²) in [6.45, 7) is 0. The summed E-state index contributed by atoms with van der Waals surface area (Å²) in [5, 5.41) is 5.54. The van der Waals surface area contributed by atoms with Crippen LogP contribution >= 0.6 is 11.6 Å². The Morgan fingerprint density at radius 3 is 2.65 bits per heavy atom. The molecule has 1 aromatic carbocycles. The molecule has 0 radical (unpaired) electrons. The minimum atomic E-state index is -0.770. The Hall–Kier alpha value is -1.94. The lowest BCUT2D eigenvalue weighted by Gasteiger charge is -2.16. The van der Waals surface area contributed by atoms with Gasteiger partial charge in [-0.15, -0.1) is 0 Å². The van der Waals surface area contributed by atoms with Gasteiger partial charge in [0.25, 0.3) is 10.8 Å². The monoisotopic (exact) mass is 288 g/mol. The molecule has 1 aromatic heterocycles. The molecule has 0 fully saturated rings. The molecule has 5 heteroatoms. The summed E-state index contributed by atoms with van der Waals surface area (Å²) < 4.78 is 0. The molecule has 3 rings (SSSR count). The van der Waals surface area contributed by atoms with Crippen molar-refractivity contribution in [1.29, 1.82) is 0 Å². The smallest absolute Gasteiger partial charge is 0.275 e. The lowest BCUT2D eigenvalue weighted by Crippen LogP contribution is -2.16. The van der Waals surface area contributed by atoms with Crippen LogP contribution in [0.25, 0.3) is 11.3 Å². The number of benzene rings is 1. The maximum Gasteiger partial charge on any atom is 0.276 e. The van der Waals surface area contributed by atoms with E-state index < -0.39 is 10.8 Å². The van der Waals surface area contributed by atoms with Crippen LogP contribution in [0.15, 0.2) is 29.1 Å². The number of fused-ring (bicyclic) bond motifs is 1. The normalized spacial score (nSPS) is 13.8. The van der Waals surface area contributed by atoms with E-state index in [9.17, 15) is 9.59 Å². The molecule has 1 aliphatic carbocycles. The molecule has 0 amide bonds. The molecular formula is C15H13ClN2O2. The lowest BCUT2D eigenvalue weighted by atomic mass is 9.90. The standard InChI is InChI=1S/C15H13ClN2O2/c16-14(19)12-8-13(17-18-15(12)20)11-6-5-9-3-1-2-4-10(9)7-11/h5-8H,1-4H2,(H,18,20). The van der Waals surface area contributed by atoms with Gasteiger partial charge in [0.2, 0.25) is 0 Å². The minimum absolute atomic E-state index is 0.0746. The first-order valence-corrected chi connectivity index (χ1v) is 6.94. The van der Waals surface area contributed by atoms with Crippen LogP contribution in [0.1, 0.15) is 34.3 Å². The summed E-state index contributed by atoms with van der Waals surface area (Å²) in [6, 6.07) is 7.59. The van der Waals surface area contributed by atoms with E-state index in [1.165, 1.54) is 30.0 Å². The number of carbonyl (C=O) groups excluding carboxylic acids is 1. The van der Waals surface area contributed by atoms with Gasteiger partial charge in [-0.2, -0.15) is 5.10 Å². The molecule has 4 nitrogen and oxygen atoms in total. The van der Waals surface area contributed by atoms with E-state index in [0.29, 0.717) is 5.69 Å². The molecule has 1 aliphatic rings. The highest BCUT2D eigenvalue weighted by Crippen LogP contribution is 2.26. The van der Waals surface area contributed by atoms with Gasteiger partial charge in [-0.3, -0.25) is 9.59 Å². The molecule has 0 saturated carbocycles. The molecule has 102 valence electrons. The fourth-order valence-electron chi connectivity index (χ4n) is 2.59. The van der Waals surface area contributed by atoms with Gasteiger partial charge < -0.3 is 0 Å². The Labute approximate surface area is 120 Å². The van der Waals surface area contributed by atoms with Crippen molar-refractivity contribution in [2.45, 2.75) is 25.7 Å². The number of aryl methyl sites for hydroxylation is 2. The summed E-state index contributed by atoms with van der Waals surface area (Å²) in [4.78, 5) is 22.7. The maximum absolute atomic E-state index is 11.5. The van der Waals surface area contributed by atoms with Gasteiger partial charge >= 0.3 is 0 Å². The van der Waals surface area contributed by atoms with Gasteiger partial charge in [0.1, 0.15) is 5.56 Å². The SMILES string of the molecule is O=C(Cl)c1cc(-c2ccc3c(c2)CCCC3)n[nH]c1=O. The first-order valence-electron chi connectivity index (χ1n) is 6.57. The Morgan fingerprint density at radius 1 is 1.15 bits per heavy atom. The summed E-state index contributed by atoms with van der Waals surface area (Å²) in [5.74, 6) is 0. The van der Waals surface area contributed by atoms with Crippen molar-refractivity contribution in [3.8, 4) is 11.3 Å². The van der Waals surface area contributed by atoms with Gasteiger partial charge in [-0.1, -0.05) is 12.1 Å². The zero-order valence-corrected chi connectivity index (χ0v) is 11.5. The summed E-state index contributed by atoms with van der Waals surface area (Å²) in [5.41, 5.74) is 3.50. The van der Waals surface area contributed by atoms with E-state index in [-0.39, 0.29) is 5.56 Å². The summed E-state index contributed by atoms with van der Waals surface area (Å²) in [6.07, 6.45) is 4.60. The number of rotatable bonds is 2. The van der Waals surface area contributed by atoms with Crippen molar-refractivity contribution < 1.29 is 4.79 Å². The zero-order valence-electron chi connectivity index (χ0n) is 10.8. The van der Waals surface area contributed by atoms with E-state index in [0.717, 1.165) is 18.4 Å². The number of H-pyrrole nitrogens is 1. The predicted molar refractivity (Wildman–Crippen MR) is 77.1 cm³/mol. The molecule has 2 aromatic rings. The third-order valence-electron chi connectivity index (χ3n) is 3.66. The Morgan fingerprint density at radius 2 is 1.90 bits per heavy atom. The fraction of sp³-hybridized carbons (Fsp3) is 0.267. The molecule has 1 N–H and O–H groups in total. The van der Waals surface area contributed by atoms with Crippen LogP contribution in [0, 0.1) is 0 Å². The van der Waals surface area contributed by atoms with Crippen LogP contribution in [-0.4, -0.2) is 15.4 Å². The van der Waals surface area contributed by atoms with Gasteiger partial charge in [-0.05, 0) is 60.5 Å². The highest BCUT2D eigenvalue weighted by atomic mass is 35.5. The molecule has 0 unspecified atom stereocenters. The number of halogens is 1. The third kappa shape index (κ3) is 2.39. The van der Waals surface area contributed by atoms with Crippen LogP contribution in [0.2, 0.25) is 0 Å². The van der Waals surface area contributed by atoms with Crippen molar-refractivity contribution in [3.05, 3.63) is 51.3 Å². The number of carbonyl (C=O) groups is 1. The maximum atomic E-state index is 11.5. The number of nitrogens with one attached hydrogen (secondary N) is 1. The van der Waals surface area contributed by atoms with Crippen molar-refractivity contribution in [3.63, 3.8) is 0 Å². The highest BCUT2D eigenvalue weighted by Gasteiger charge is 2.13. The number of aromatic amines is 1. The van der Waals surface area contributed by atoms with E-state index in [2.05, 4.69) is 22.3 Å². The molecule has 0 aliphatic heterocycles. The number of nitrogens with zero attached hydrogens (tertiary/aromatic N) is 1. The molecular weight excluding hydrogens is 276 g/mol. The van der Waals surface area contributed by atoms with Crippen LogP contribution in [-0.2, 0) is 12.8 Å². The quantitative estimate of drug-likeness (QED) is 0.864. The Balaban J connectivity index is 2.07. The van der Waals surface area contributed by atoms with E-state index in [1.807, 2.05) is 6.07 Å².